The molecule has 2 aliphatic rings. The first kappa shape index (κ1) is 26.9. The minimum atomic E-state index is -2.05. The van der Waals surface area contributed by atoms with E-state index in [-0.39, 0.29) is 40.0 Å². The summed E-state index contributed by atoms with van der Waals surface area (Å²) in [5.41, 5.74) is 0.527. The van der Waals surface area contributed by atoms with Crippen LogP contribution in [0.3, 0.4) is 0 Å². The molecule has 0 bridgehead atoms. The van der Waals surface area contributed by atoms with E-state index in [1.54, 1.807) is 11.0 Å². The molecule has 2 fully saturated rings. The molecule has 0 radical (unpaired) electrons. The molecule has 0 spiro atoms. The summed E-state index contributed by atoms with van der Waals surface area (Å²) >= 11 is 1.08. The van der Waals surface area contributed by atoms with Crippen LogP contribution in [0.2, 0.25) is 18.1 Å². The Bertz CT molecular complexity index is 926. The highest BCUT2D eigenvalue weighted by Crippen LogP contribution is 2.40. The van der Waals surface area contributed by atoms with Crippen LogP contribution in [0.15, 0.2) is 29.2 Å². The van der Waals surface area contributed by atoms with E-state index in [0.29, 0.717) is 36.8 Å². The first-order valence-corrected chi connectivity index (χ1v) is 15.7. The van der Waals surface area contributed by atoms with Gasteiger partial charge in [0.2, 0.25) is 5.91 Å². The van der Waals surface area contributed by atoms with Crippen molar-refractivity contribution in [2.75, 3.05) is 26.3 Å². The Morgan fingerprint density at radius 1 is 1.18 bits per heavy atom. The molecular weight excluding hydrogens is 468 g/mol. The quantitative estimate of drug-likeness (QED) is 0.343. The number of amides is 2. The Balaban J connectivity index is 1.69. The fourth-order valence-corrected chi connectivity index (χ4v) is 6.48. The SMILES string of the molecule is CC(C(=O)Sc1ccccc1C(=O)N1CCOCC1)[C@H]1NC(=O)[C@@H]1C(C)O[Si](C)(C)C(C)(C)C. The Kier molecular flexibility index (Phi) is 8.32. The molecule has 2 amide bonds. The average Bonchev–Trinajstić information content (AvgIpc) is 2.76. The second-order valence-corrected chi connectivity index (χ2v) is 16.6. The molecule has 2 aliphatic heterocycles. The lowest BCUT2D eigenvalue weighted by Crippen LogP contribution is -2.66. The summed E-state index contributed by atoms with van der Waals surface area (Å²) in [6.07, 6.45) is -0.268. The lowest BCUT2D eigenvalue weighted by Gasteiger charge is -2.46. The van der Waals surface area contributed by atoms with Gasteiger partial charge in [-0.3, -0.25) is 14.4 Å². The van der Waals surface area contributed by atoms with Crippen molar-refractivity contribution in [1.29, 1.82) is 0 Å². The molecule has 4 atom stereocenters. The van der Waals surface area contributed by atoms with Gasteiger partial charge in [0, 0.05) is 23.9 Å². The number of β-lactam (4-membered cyclic amide) rings is 1. The number of morpholine rings is 1. The van der Waals surface area contributed by atoms with Gasteiger partial charge in [0.15, 0.2) is 13.4 Å². The second-order valence-electron chi connectivity index (χ2n) is 10.8. The van der Waals surface area contributed by atoms with Crippen LogP contribution in [-0.2, 0) is 18.8 Å². The summed E-state index contributed by atoms with van der Waals surface area (Å²) in [4.78, 5) is 41.2. The van der Waals surface area contributed by atoms with Gasteiger partial charge in [-0.15, -0.1) is 0 Å². The average molecular weight is 507 g/mol. The number of ether oxygens (including phenoxy) is 1. The summed E-state index contributed by atoms with van der Waals surface area (Å²) in [6, 6.07) is 6.94. The van der Waals surface area contributed by atoms with Crippen LogP contribution in [0, 0.1) is 11.8 Å². The highest BCUT2D eigenvalue weighted by atomic mass is 32.2. The molecule has 0 aliphatic carbocycles. The van der Waals surface area contributed by atoms with Crippen LogP contribution in [0.1, 0.15) is 45.0 Å². The van der Waals surface area contributed by atoms with E-state index in [0.717, 1.165) is 11.8 Å². The first-order chi connectivity index (χ1) is 15.8. The number of rotatable bonds is 7. The van der Waals surface area contributed by atoms with Gasteiger partial charge in [-0.1, -0.05) is 51.6 Å². The normalized spacial score (nSPS) is 23.0. The van der Waals surface area contributed by atoms with E-state index < -0.39 is 14.2 Å². The molecule has 2 unspecified atom stereocenters. The summed E-state index contributed by atoms with van der Waals surface area (Å²) < 4.78 is 11.8. The van der Waals surface area contributed by atoms with E-state index in [1.807, 2.05) is 32.0 Å². The topological polar surface area (TPSA) is 84.9 Å². The summed E-state index contributed by atoms with van der Waals surface area (Å²) in [6.45, 7) is 16.8. The van der Waals surface area contributed by atoms with Crippen molar-refractivity contribution in [1.82, 2.24) is 10.2 Å². The van der Waals surface area contributed by atoms with Crippen molar-refractivity contribution < 1.29 is 23.5 Å². The van der Waals surface area contributed by atoms with E-state index >= 15 is 0 Å². The molecule has 9 heteroatoms. The number of nitrogens with one attached hydrogen (secondary N) is 1. The molecule has 2 heterocycles. The maximum absolute atomic E-state index is 13.3. The van der Waals surface area contributed by atoms with Crippen molar-refractivity contribution in [2.45, 2.75) is 69.8 Å². The zero-order valence-electron chi connectivity index (χ0n) is 21.3. The molecule has 7 nitrogen and oxygen atoms in total. The van der Waals surface area contributed by atoms with E-state index in [2.05, 4.69) is 39.2 Å². The Hall–Kier alpha value is -1.68. The number of carbonyl (C=O) groups is 3. The maximum atomic E-state index is 13.3. The van der Waals surface area contributed by atoms with Gasteiger partial charge in [-0.25, -0.2) is 0 Å². The Morgan fingerprint density at radius 2 is 1.79 bits per heavy atom. The van der Waals surface area contributed by atoms with Crippen LogP contribution in [0.25, 0.3) is 0 Å². The molecule has 0 aromatic heterocycles. The predicted octanol–water partition coefficient (Wildman–Crippen LogP) is 3.94. The highest BCUT2D eigenvalue weighted by molar-refractivity contribution is 8.13. The Labute approximate surface area is 208 Å². The standard InChI is InChI=1S/C25H38N2O5SSi/c1-16(21-20(22(28)26-21)17(2)32-34(6,7)25(3,4)5)24(30)33-19-11-9-8-10-18(19)23(29)27-12-14-31-15-13-27/h8-11,16-17,20-21H,12-15H2,1-7H3,(H,26,28)/t16?,17?,20-,21-/m1/s1. The van der Waals surface area contributed by atoms with Gasteiger partial charge < -0.3 is 19.4 Å². The van der Waals surface area contributed by atoms with Gasteiger partial charge in [0.1, 0.15) is 0 Å². The molecule has 2 saturated heterocycles. The lowest BCUT2D eigenvalue weighted by atomic mass is 9.79. The summed E-state index contributed by atoms with van der Waals surface area (Å²) in [7, 11) is -2.05. The molecule has 3 rings (SSSR count). The van der Waals surface area contributed by atoms with Crippen molar-refractivity contribution in [3.8, 4) is 0 Å². The fourth-order valence-electron chi connectivity index (χ4n) is 4.09. The van der Waals surface area contributed by atoms with Crippen LogP contribution in [0.5, 0.6) is 0 Å². The fraction of sp³-hybridized carbons (Fsp3) is 0.640. The first-order valence-electron chi connectivity index (χ1n) is 12.0. The number of hydrogen-bond donors (Lipinski definition) is 1. The summed E-state index contributed by atoms with van der Waals surface area (Å²) in [5.74, 6) is -0.926. The van der Waals surface area contributed by atoms with Gasteiger partial charge in [0.25, 0.3) is 5.91 Å². The van der Waals surface area contributed by atoms with Crippen molar-refractivity contribution in [2.24, 2.45) is 11.8 Å². The minimum absolute atomic E-state index is 0.0327. The van der Waals surface area contributed by atoms with Crippen molar-refractivity contribution in [3.05, 3.63) is 29.8 Å². The highest BCUT2D eigenvalue weighted by Gasteiger charge is 2.50. The van der Waals surface area contributed by atoms with Crippen molar-refractivity contribution in [3.63, 3.8) is 0 Å². The third-order valence-electron chi connectivity index (χ3n) is 7.33. The monoisotopic (exact) mass is 506 g/mol. The van der Waals surface area contributed by atoms with Crippen molar-refractivity contribution >= 4 is 37.0 Å². The maximum Gasteiger partial charge on any atom is 0.255 e. The van der Waals surface area contributed by atoms with E-state index in [9.17, 15) is 14.4 Å². The number of benzene rings is 1. The van der Waals surface area contributed by atoms with E-state index in [1.165, 1.54) is 0 Å². The molecule has 34 heavy (non-hydrogen) atoms. The van der Waals surface area contributed by atoms with Gasteiger partial charge in [0.05, 0.1) is 36.8 Å². The largest absolute Gasteiger partial charge is 0.413 e. The molecule has 1 aromatic carbocycles. The third-order valence-corrected chi connectivity index (χ3v) is 13.1. The lowest BCUT2D eigenvalue weighted by molar-refractivity contribution is -0.143. The second kappa shape index (κ2) is 10.5. The molecule has 1 aromatic rings. The van der Waals surface area contributed by atoms with Crippen LogP contribution >= 0.6 is 11.8 Å². The van der Waals surface area contributed by atoms with E-state index in [4.69, 9.17) is 9.16 Å². The number of hydrogen-bond acceptors (Lipinski definition) is 6. The van der Waals surface area contributed by atoms with Gasteiger partial charge >= 0.3 is 0 Å². The van der Waals surface area contributed by atoms with Crippen LogP contribution in [-0.4, -0.2) is 68.6 Å². The summed E-state index contributed by atoms with van der Waals surface area (Å²) in [5, 5.41) is 2.89. The zero-order chi connectivity index (χ0) is 25.3. The van der Waals surface area contributed by atoms with Crippen LogP contribution in [0.4, 0.5) is 0 Å². The predicted molar refractivity (Wildman–Crippen MR) is 136 cm³/mol. The minimum Gasteiger partial charge on any atom is -0.413 e. The zero-order valence-corrected chi connectivity index (χ0v) is 23.2. The molecule has 0 saturated carbocycles. The third kappa shape index (κ3) is 5.75. The molecule has 188 valence electrons. The van der Waals surface area contributed by atoms with Crippen LogP contribution < -0.4 is 5.32 Å². The number of carbonyl (C=O) groups excluding carboxylic acids is 3. The number of nitrogens with zero attached hydrogens (tertiary/aromatic N) is 1. The smallest absolute Gasteiger partial charge is 0.255 e. The number of thioether (sulfide) groups is 1. The molecular formula is C25H38N2O5SSi. The van der Waals surface area contributed by atoms with Gasteiger partial charge in [-0.05, 0) is 37.2 Å². The Morgan fingerprint density at radius 3 is 2.38 bits per heavy atom. The molecule has 1 N–H and O–H groups in total. The van der Waals surface area contributed by atoms with Gasteiger partial charge in [-0.2, -0.15) is 0 Å².